The number of amides is 1. The van der Waals surface area contributed by atoms with Crippen LogP contribution >= 0.6 is 0 Å². The Bertz CT molecular complexity index is 1280. The molecular weight excluding hydrogens is 485 g/mol. The van der Waals surface area contributed by atoms with Crippen LogP contribution in [-0.2, 0) is 24.0 Å². The van der Waals surface area contributed by atoms with Crippen molar-refractivity contribution in [2.45, 2.75) is 64.4 Å². The smallest absolute Gasteiger partial charge is 0.410 e. The van der Waals surface area contributed by atoms with Crippen molar-refractivity contribution in [2.24, 2.45) is 0 Å². The molecule has 1 amide bonds. The molecule has 0 N–H and O–H groups in total. The molecule has 8 heteroatoms. The molecule has 38 heavy (non-hydrogen) atoms. The highest BCUT2D eigenvalue weighted by atomic mass is 19.1. The fourth-order valence-electron chi connectivity index (χ4n) is 5.55. The Labute approximate surface area is 224 Å². The van der Waals surface area contributed by atoms with E-state index in [-0.39, 0.29) is 17.5 Å². The van der Waals surface area contributed by atoms with Gasteiger partial charge in [0.05, 0.1) is 24.9 Å². The molecule has 1 aliphatic carbocycles. The van der Waals surface area contributed by atoms with Crippen molar-refractivity contribution in [3.63, 3.8) is 0 Å². The molecule has 1 fully saturated rings. The molecule has 2 aromatic rings. The van der Waals surface area contributed by atoms with Crippen molar-refractivity contribution in [3.8, 4) is 17.6 Å². The largest absolute Gasteiger partial charge is 0.495 e. The molecule has 0 saturated heterocycles. The number of nitriles is 1. The Balaban J connectivity index is 1.42. The van der Waals surface area contributed by atoms with E-state index in [1.807, 2.05) is 31.7 Å². The van der Waals surface area contributed by atoms with Crippen LogP contribution in [-0.4, -0.2) is 56.5 Å². The van der Waals surface area contributed by atoms with Gasteiger partial charge < -0.3 is 24.0 Å². The second-order valence-corrected chi connectivity index (χ2v) is 11.4. The number of rotatable bonds is 5. The Morgan fingerprint density at radius 3 is 2.63 bits per heavy atom. The molecule has 2 aliphatic heterocycles. The summed E-state index contributed by atoms with van der Waals surface area (Å²) in [7, 11) is 1.49. The van der Waals surface area contributed by atoms with Gasteiger partial charge in [-0.1, -0.05) is 0 Å². The maximum atomic E-state index is 14.8. The van der Waals surface area contributed by atoms with Gasteiger partial charge in [-0.3, -0.25) is 0 Å². The molecule has 0 unspecified atom stereocenters. The molecule has 0 radical (unpaired) electrons. The third-order valence-electron chi connectivity index (χ3n) is 7.50. The summed E-state index contributed by atoms with van der Waals surface area (Å²) in [5, 5.41) is 9.26. The Hall–Kier alpha value is -3.47. The highest BCUT2D eigenvalue weighted by molar-refractivity contribution is 5.72. The van der Waals surface area contributed by atoms with Crippen LogP contribution in [0.3, 0.4) is 0 Å². The Morgan fingerprint density at radius 1 is 1.18 bits per heavy atom. The van der Waals surface area contributed by atoms with Crippen LogP contribution in [0.5, 0.6) is 11.5 Å². The molecule has 0 spiro atoms. The van der Waals surface area contributed by atoms with Crippen LogP contribution in [0.1, 0.15) is 67.3 Å². The van der Waals surface area contributed by atoms with E-state index in [9.17, 15) is 14.4 Å². The van der Waals surface area contributed by atoms with Crippen molar-refractivity contribution in [1.29, 1.82) is 5.26 Å². The van der Waals surface area contributed by atoms with Crippen LogP contribution in [0, 0.1) is 17.1 Å². The van der Waals surface area contributed by atoms with Crippen molar-refractivity contribution < 1.29 is 23.4 Å². The molecule has 0 bridgehead atoms. The first-order valence-corrected chi connectivity index (χ1v) is 13.5. The number of carbonyl (C=O) groups is 1. The lowest BCUT2D eigenvalue weighted by Crippen LogP contribution is -2.38. The van der Waals surface area contributed by atoms with Gasteiger partial charge in [0.15, 0.2) is 0 Å². The van der Waals surface area contributed by atoms with Gasteiger partial charge in [-0.2, -0.15) is 5.26 Å². The molecule has 202 valence electrons. The highest BCUT2D eigenvalue weighted by Crippen LogP contribution is 2.51. The summed E-state index contributed by atoms with van der Waals surface area (Å²) in [5.74, 6) is 1.38. The minimum atomic E-state index is -0.527. The summed E-state index contributed by atoms with van der Waals surface area (Å²) in [5.41, 5.74) is 5.27. The first kappa shape index (κ1) is 26.1. The van der Waals surface area contributed by atoms with Crippen LogP contribution < -0.4 is 14.4 Å². The fraction of sp³-hybridized carbons (Fsp3) is 0.533. The monoisotopic (exact) mass is 521 g/mol. The summed E-state index contributed by atoms with van der Waals surface area (Å²) in [6, 6.07) is 7.05. The van der Waals surface area contributed by atoms with Gasteiger partial charge in [0.25, 0.3) is 0 Å². The summed E-state index contributed by atoms with van der Waals surface area (Å²) in [4.78, 5) is 17.0. The molecule has 0 atom stereocenters. The number of carbonyl (C=O) groups excluding carboxylic acids is 1. The van der Waals surface area contributed by atoms with Crippen LogP contribution in [0.15, 0.2) is 18.2 Å². The molecule has 7 nitrogen and oxygen atoms in total. The summed E-state index contributed by atoms with van der Waals surface area (Å²) >= 11 is 0. The SMILES string of the molecule is COc1cc(CCN2CCOc3cc4c(c(C5CC5)c32)CCN(C(=O)OC(C)(C)C)CC4)c(F)cc1C#N. The predicted molar refractivity (Wildman–Crippen MR) is 143 cm³/mol. The Kier molecular flexibility index (Phi) is 7.13. The summed E-state index contributed by atoms with van der Waals surface area (Å²) in [6.07, 6.45) is 4.06. The fourth-order valence-corrected chi connectivity index (χ4v) is 5.55. The Morgan fingerprint density at radius 2 is 1.95 bits per heavy atom. The van der Waals surface area contributed by atoms with E-state index in [1.54, 1.807) is 6.07 Å². The lowest BCUT2D eigenvalue weighted by atomic mass is 9.91. The maximum absolute atomic E-state index is 14.8. The number of benzene rings is 2. The average molecular weight is 522 g/mol. The highest BCUT2D eigenvalue weighted by Gasteiger charge is 2.36. The van der Waals surface area contributed by atoms with Gasteiger partial charge in [0, 0.05) is 19.6 Å². The normalized spacial score (nSPS) is 17.1. The number of methoxy groups -OCH3 is 1. The van der Waals surface area contributed by atoms with Gasteiger partial charge in [0.2, 0.25) is 0 Å². The first-order valence-electron chi connectivity index (χ1n) is 13.5. The van der Waals surface area contributed by atoms with Gasteiger partial charge in [-0.15, -0.1) is 0 Å². The second-order valence-electron chi connectivity index (χ2n) is 11.4. The minimum absolute atomic E-state index is 0.199. The van der Waals surface area contributed by atoms with E-state index >= 15 is 0 Å². The molecular formula is C30H36FN3O4. The van der Waals surface area contributed by atoms with Crippen molar-refractivity contribution in [2.75, 3.05) is 44.8 Å². The third-order valence-corrected chi connectivity index (χ3v) is 7.50. The second kappa shape index (κ2) is 10.4. The summed E-state index contributed by atoms with van der Waals surface area (Å²) < 4.78 is 31.9. The molecule has 1 saturated carbocycles. The van der Waals surface area contributed by atoms with E-state index in [0.29, 0.717) is 49.9 Å². The molecule has 0 aromatic heterocycles. The van der Waals surface area contributed by atoms with Crippen molar-refractivity contribution >= 4 is 11.8 Å². The van der Waals surface area contributed by atoms with E-state index in [2.05, 4.69) is 11.0 Å². The topological polar surface area (TPSA) is 75.0 Å². The van der Waals surface area contributed by atoms with Crippen molar-refractivity contribution in [3.05, 3.63) is 51.8 Å². The number of anilines is 1. The van der Waals surface area contributed by atoms with Gasteiger partial charge in [-0.05, 0) is 99.2 Å². The number of ether oxygens (including phenoxy) is 3. The molecule has 2 aromatic carbocycles. The first-order chi connectivity index (χ1) is 18.2. The lowest BCUT2D eigenvalue weighted by molar-refractivity contribution is 0.0258. The van der Waals surface area contributed by atoms with E-state index in [0.717, 1.165) is 43.7 Å². The quantitative estimate of drug-likeness (QED) is 0.527. The van der Waals surface area contributed by atoms with E-state index in [1.165, 1.54) is 29.9 Å². The van der Waals surface area contributed by atoms with E-state index in [4.69, 9.17) is 14.2 Å². The number of fused-ring (bicyclic) bond motifs is 2. The molecule has 2 heterocycles. The van der Waals surface area contributed by atoms with E-state index < -0.39 is 5.60 Å². The lowest BCUT2D eigenvalue weighted by Gasteiger charge is -2.35. The number of nitrogens with zero attached hydrogens (tertiary/aromatic N) is 3. The molecule has 3 aliphatic rings. The maximum Gasteiger partial charge on any atom is 0.410 e. The van der Waals surface area contributed by atoms with Gasteiger partial charge in [0.1, 0.15) is 35.6 Å². The van der Waals surface area contributed by atoms with Crippen LogP contribution in [0.4, 0.5) is 14.9 Å². The van der Waals surface area contributed by atoms with Gasteiger partial charge in [-0.25, -0.2) is 9.18 Å². The average Bonchev–Trinajstić information content (AvgIpc) is 3.72. The van der Waals surface area contributed by atoms with Crippen LogP contribution in [0.25, 0.3) is 0 Å². The molecule has 5 rings (SSSR count). The predicted octanol–water partition coefficient (Wildman–Crippen LogP) is 5.36. The summed E-state index contributed by atoms with van der Waals surface area (Å²) in [6.45, 7) is 8.84. The zero-order chi connectivity index (χ0) is 27.0. The number of hydrogen-bond donors (Lipinski definition) is 0. The number of halogens is 1. The zero-order valence-corrected chi connectivity index (χ0v) is 22.7. The van der Waals surface area contributed by atoms with Crippen molar-refractivity contribution in [1.82, 2.24) is 4.90 Å². The number of hydrogen-bond acceptors (Lipinski definition) is 6. The van der Waals surface area contributed by atoms with Gasteiger partial charge >= 0.3 is 6.09 Å². The van der Waals surface area contributed by atoms with Crippen LogP contribution in [0.2, 0.25) is 0 Å². The minimum Gasteiger partial charge on any atom is -0.495 e. The standard InChI is InChI=1S/C30H36FN3O4/c1-30(2,3)38-29(35)34-11-7-20-16-26-28(27(19-5-6-19)23(20)9-12-34)33(13-14-37-26)10-8-21-17-25(36-4)22(18-32)15-24(21)31/h15-17,19H,5-14H2,1-4H3. The zero-order valence-electron chi connectivity index (χ0n) is 22.7. The third kappa shape index (κ3) is 5.38.